The van der Waals surface area contributed by atoms with Crippen LogP contribution in [0.3, 0.4) is 0 Å². The molecule has 0 atom stereocenters. The normalized spacial score (nSPS) is 22.5. The Bertz CT molecular complexity index is 81.7. The highest BCUT2D eigenvalue weighted by Crippen LogP contribution is 2.08. The molecule has 0 saturated carbocycles. The average molecular weight is 161 g/mol. The lowest BCUT2D eigenvalue weighted by Gasteiger charge is -2.16. The van der Waals surface area contributed by atoms with E-state index in [2.05, 4.69) is 4.90 Å². The van der Waals surface area contributed by atoms with Crippen LogP contribution >= 0.6 is 11.8 Å². The zero-order valence-electron chi connectivity index (χ0n) is 6.25. The first-order valence-electron chi connectivity index (χ1n) is 3.84. The molecule has 0 aromatic rings. The SMILES string of the molecule is OCCN1CCCSCC1. The van der Waals surface area contributed by atoms with Crippen LogP contribution in [0.25, 0.3) is 0 Å². The van der Waals surface area contributed by atoms with Crippen molar-refractivity contribution in [3.63, 3.8) is 0 Å². The van der Waals surface area contributed by atoms with Gasteiger partial charge in [0.2, 0.25) is 0 Å². The third-order valence-corrected chi connectivity index (χ3v) is 2.78. The number of aliphatic hydroxyl groups is 1. The minimum Gasteiger partial charge on any atom is -0.395 e. The highest BCUT2D eigenvalue weighted by molar-refractivity contribution is 7.99. The molecular weight excluding hydrogens is 146 g/mol. The number of rotatable bonds is 2. The van der Waals surface area contributed by atoms with E-state index in [1.165, 1.54) is 24.5 Å². The van der Waals surface area contributed by atoms with E-state index in [0.29, 0.717) is 6.61 Å². The molecule has 1 saturated heterocycles. The maximum atomic E-state index is 8.66. The van der Waals surface area contributed by atoms with E-state index in [0.717, 1.165) is 13.1 Å². The molecule has 3 heteroatoms. The Labute approximate surface area is 66.6 Å². The number of nitrogens with zero attached hydrogens (tertiary/aromatic N) is 1. The molecule has 60 valence electrons. The number of aliphatic hydroxyl groups excluding tert-OH is 1. The van der Waals surface area contributed by atoms with Crippen LogP contribution in [0.2, 0.25) is 0 Å². The summed E-state index contributed by atoms with van der Waals surface area (Å²) in [6, 6.07) is 0. The summed E-state index contributed by atoms with van der Waals surface area (Å²) >= 11 is 2.02. The van der Waals surface area contributed by atoms with Crippen molar-refractivity contribution in [2.24, 2.45) is 0 Å². The second kappa shape index (κ2) is 4.99. The molecule has 2 nitrogen and oxygen atoms in total. The minimum absolute atomic E-state index is 0.310. The molecule has 0 aromatic carbocycles. The van der Waals surface area contributed by atoms with Gasteiger partial charge in [-0.2, -0.15) is 11.8 Å². The van der Waals surface area contributed by atoms with Gasteiger partial charge in [0.1, 0.15) is 0 Å². The number of hydrogen-bond donors (Lipinski definition) is 1. The number of thioether (sulfide) groups is 1. The maximum Gasteiger partial charge on any atom is 0.0558 e. The van der Waals surface area contributed by atoms with Crippen LogP contribution in [0.5, 0.6) is 0 Å². The van der Waals surface area contributed by atoms with E-state index in [4.69, 9.17) is 5.11 Å². The Balaban J connectivity index is 2.15. The summed E-state index contributed by atoms with van der Waals surface area (Å²) in [4.78, 5) is 2.33. The monoisotopic (exact) mass is 161 g/mol. The molecule has 1 aliphatic heterocycles. The van der Waals surface area contributed by atoms with Gasteiger partial charge in [-0.15, -0.1) is 0 Å². The summed E-state index contributed by atoms with van der Waals surface area (Å²) in [7, 11) is 0. The van der Waals surface area contributed by atoms with Crippen LogP contribution in [-0.2, 0) is 0 Å². The third kappa shape index (κ3) is 2.90. The van der Waals surface area contributed by atoms with Gasteiger partial charge in [0.25, 0.3) is 0 Å². The van der Waals surface area contributed by atoms with Gasteiger partial charge >= 0.3 is 0 Å². The fourth-order valence-electron chi connectivity index (χ4n) is 1.16. The standard InChI is InChI=1S/C7H15NOS/c9-5-3-8-2-1-6-10-7-4-8/h9H,1-7H2. The zero-order chi connectivity index (χ0) is 7.23. The first kappa shape index (κ1) is 8.37. The second-order valence-corrected chi connectivity index (χ2v) is 3.76. The van der Waals surface area contributed by atoms with Gasteiger partial charge in [-0.1, -0.05) is 0 Å². The molecule has 0 aliphatic carbocycles. The van der Waals surface area contributed by atoms with Crippen LogP contribution in [0, 0.1) is 0 Å². The number of hydrogen-bond acceptors (Lipinski definition) is 3. The average Bonchev–Trinajstić information content (AvgIpc) is 2.17. The lowest BCUT2D eigenvalue weighted by Crippen LogP contribution is -2.28. The van der Waals surface area contributed by atoms with E-state index in [-0.39, 0.29) is 0 Å². The Kier molecular flexibility index (Phi) is 4.18. The van der Waals surface area contributed by atoms with Crippen molar-refractivity contribution in [2.45, 2.75) is 6.42 Å². The van der Waals surface area contributed by atoms with Crippen molar-refractivity contribution >= 4 is 11.8 Å². The van der Waals surface area contributed by atoms with E-state index in [1.54, 1.807) is 0 Å². The molecule has 1 heterocycles. The molecule has 0 amide bonds. The molecule has 1 rings (SSSR count). The summed E-state index contributed by atoms with van der Waals surface area (Å²) in [5, 5.41) is 8.66. The first-order valence-corrected chi connectivity index (χ1v) is 5.00. The molecule has 0 bridgehead atoms. The van der Waals surface area contributed by atoms with Gasteiger partial charge in [-0.3, -0.25) is 0 Å². The molecule has 10 heavy (non-hydrogen) atoms. The van der Waals surface area contributed by atoms with Crippen molar-refractivity contribution in [2.75, 3.05) is 37.7 Å². The summed E-state index contributed by atoms with van der Waals surface area (Å²) in [5.41, 5.74) is 0. The Morgan fingerprint density at radius 2 is 2.20 bits per heavy atom. The molecular formula is C7H15NOS. The Morgan fingerprint density at radius 1 is 1.30 bits per heavy atom. The highest BCUT2D eigenvalue weighted by atomic mass is 32.2. The molecule has 0 aromatic heterocycles. The van der Waals surface area contributed by atoms with E-state index < -0.39 is 0 Å². The van der Waals surface area contributed by atoms with E-state index >= 15 is 0 Å². The number of β-amino-alcohol motifs (C(OH)–C–C–N with tert-alkyl or cyclic N) is 1. The lowest BCUT2D eigenvalue weighted by molar-refractivity contribution is 0.205. The van der Waals surface area contributed by atoms with Gasteiger partial charge in [0, 0.05) is 18.8 Å². The van der Waals surface area contributed by atoms with Crippen molar-refractivity contribution in [3.05, 3.63) is 0 Å². The summed E-state index contributed by atoms with van der Waals surface area (Å²) in [6.45, 7) is 3.50. The quantitative estimate of drug-likeness (QED) is 0.635. The largest absolute Gasteiger partial charge is 0.395 e. The third-order valence-electron chi connectivity index (χ3n) is 1.73. The van der Waals surface area contributed by atoms with Crippen molar-refractivity contribution in [1.29, 1.82) is 0 Å². The van der Waals surface area contributed by atoms with Gasteiger partial charge in [-0.05, 0) is 18.7 Å². The van der Waals surface area contributed by atoms with Crippen LogP contribution < -0.4 is 0 Å². The van der Waals surface area contributed by atoms with Crippen LogP contribution in [0.4, 0.5) is 0 Å². The van der Waals surface area contributed by atoms with Gasteiger partial charge < -0.3 is 10.0 Å². The molecule has 0 radical (unpaired) electrons. The molecule has 1 fully saturated rings. The minimum atomic E-state index is 0.310. The summed E-state index contributed by atoms with van der Waals surface area (Å²) in [5.74, 6) is 2.53. The Morgan fingerprint density at radius 3 is 3.00 bits per heavy atom. The zero-order valence-corrected chi connectivity index (χ0v) is 7.07. The Hall–Kier alpha value is 0.270. The van der Waals surface area contributed by atoms with Crippen LogP contribution in [0.1, 0.15) is 6.42 Å². The predicted octanol–water partition coefficient (Wildman–Crippen LogP) is 0.418. The van der Waals surface area contributed by atoms with Crippen molar-refractivity contribution in [1.82, 2.24) is 4.90 Å². The van der Waals surface area contributed by atoms with Gasteiger partial charge in [0.15, 0.2) is 0 Å². The molecule has 1 aliphatic rings. The highest BCUT2D eigenvalue weighted by Gasteiger charge is 2.06. The first-order chi connectivity index (χ1) is 4.93. The molecule has 1 N–H and O–H groups in total. The molecule has 0 unspecified atom stereocenters. The lowest BCUT2D eigenvalue weighted by atomic mass is 10.4. The molecule has 0 spiro atoms. The second-order valence-electron chi connectivity index (χ2n) is 2.53. The smallest absolute Gasteiger partial charge is 0.0558 e. The van der Waals surface area contributed by atoms with Crippen LogP contribution in [-0.4, -0.2) is 47.8 Å². The predicted molar refractivity (Wildman–Crippen MR) is 45.5 cm³/mol. The van der Waals surface area contributed by atoms with Crippen molar-refractivity contribution < 1.29 is 5.11 Å². The van der Waals surface area contributed by atoms with Gasteiger partial charge in [-0.25, -0.2) is 0 Å². The maximum absolute atomic E-state index is 8.66. The van der Waals surface area contributed by atoms with E-state index in [9.17, 15) is 0 Å². The van der Waals surface area contributed by atoms with Crippen LogP contribution in [0.15, 0.2) is 0 Å². The fraction of sp³-hybridized carbons (Fsp3) is 1.00. The van der Waals surface area contributed by atoms with E-state index in [1.807, 2.05) is 11.8 Å². The van der Waals surface area contributed by atoms with Gasteiger partial charge in [0.05, 0.1) is 6.61 Å². The summed E-state index contributed by atoms with van der Waals surface area (Å²) in [6.07, 6.45) is 1.28. The summed E-state index contributed by atoms with van der Waals surface area (Å²) < 4.78 is 0. The fourth-order valence-corrected chi connectivity index (χ4v) is 2.09. The van der Waals surface area contributed by atoms with Crippen molar-refractivity contribution in [3.8, 4) is 0 Å². The topological polar surface area (TPSA) is 23.5 Å².